The molecule has 16 heteroatoms. The highest BCUT2D eigenvalue weighted by molar-refractivity contribution is 6.26. The van der Waals surface area contributed by atoms with E-state index in [1.54, 1.807) is 35.9 Å². The monoisotopic (exact) mass is 695 g/mol. The molecule has 1 fully saturated rings. The highest BCUT2D eigenvalue weighted by Gasteiger charge is 2.45. The van der Waals surface area contributed by atoms with Gasteiger partial charge in [-0.25, -0.2) is 0 Å². The number of aromatic nitrogens is 1. The lowest BCUT2D eigenvalue weighted by molar-refractivity contribution is -0.136. The van der Waals surface area contributed by atoms with Gasteiger partial charge in [0.25, 0.3) is 17.7 Å². The molecule has 51 heavy (non-hydrogen) atoms. The molecule has 4 N–H and O–H groups in total. The zero-order valence-corrected chi connectivity index (χ0v) is 27.4. The third-order valence-electron chi connectivity index (χ3n) is 8.32. The molecule has 16 nitrogen and oxygen atoms in total. The number of amides is 6. The maximum Gasteiger partial charge on any atom is 0.295 e. The molecule has 6 amide bonds. The molecule has 1 aromatic heterocycles. The van der Waals surface area contributed by atoms with Crippen LogP contribution >= 0.6 is 0 Å². The number of ether oxygens (including phenoxy) is 2. The first kappa shape index (κ1) is 34.6. The Kier molecular flexibility index (Phi) is 10.2. The van der Waals surface area contributed by atoms with E-state index in [-0.39, 0.29) is 68.5 Å². The number of para-hydroxylation sites is 1. The molecule has 0 radical (unpaired) electrons. The van der Waals surface area contributed by atoms with Crippen molar-refractivity contribution in [1.82, 2.24) is 14.8 Å². The van der Waals surface area contributed by atoms with E-state index < -0.39 is 41.5 Å². The van der Waals surface area contributed by atoms with Crippen molar-refractivity contribution in [3.63, 3.8) is 0 Å². The number of nitrogens with zero attached hydrogens (tertiary/aromatic N) is 4. The minimum absolute atomic E-state index is 0.00571. The smallest absolute Gasteiger partial charge is 0.295 e. The van der Waals surface area contributed by atoms with Crippen molar-refractivity contribution in [3.8, 4) is 5.88 Å². The minimum Gasteiger partial charge on any atom is -0.493 e. The molecule has 0 saturated carbocycles. The summed E-state index contributed by atoms with van der Waals surface area (Å²) < 4.78 is 12.4. The summed E-state index contributed by atoms with van der Waals surface area (Å²) in [5.41, 5.74) is 2.55. The fourth-order valence-electron chi connectivity index (χ4n) is 5.81. The zero-order chi connectivity index (χ0) is 36.1. The summed E-state index contributed by atoms with van der Waals surface area (Å²) in [7, 11) is 1.77. The number of azo groups is 1. The molecule has 1 atom stereocenters. The molecule has 6 rings (SSSR count). The Morgan fingerprint density at radius 2 is 1.71 bits per heavy atom. The largest absolute Gasteiger partial charge is 0.493 e. The lowest BCUT2D eigenvalue weighted by Crippen LogP contribution is -2.54. The fourth-order valence-corrected chi connectivity index (χ4v) is 5.81. The van der Waals surface area contributed by atoms with Crippen molar-refractivity contribution in [2.24, 2.45) is 17.3 Å². The van der Waals surface area contributed by atoms with Crippen LogP contribution in [0.3, 0.4) is 0 Å². The van der Waals surface area contributed by atoms with Gasteiger partial charge in [-0.2, -0.15) is 5.11 Å². The highest BCUT2D eigenvalue weighted by Crippen LogP contribution is 2.37. The first-order chi connectivity index (χ1) is 24.6. The number of hydrogen-bond acceptors (Lipinski definition) is 11. The van der Waals surface area contributed by atoms with Gasteiger partial charge in [-0.15, -0.1) is 5.11 Å². The normalized spacial score (nSPS) is 15.8. The molecule has 3 aromatic carbocycles. The van der Waals surface area contributed by atoms with Crippen molar-refractivity contribution < 1.29 is 43.3 Å². The Labute approximate surface area is 290 Å². The number of nitrogens with one attached hydrogen (secondary N) is 3. The lowest BCUT2D eigenvalue weighted by Gasteiger charge is -2.27. The number of carbonyl (C=O) groups excluding carboxylic acids is 6. The second kappa shape index (κ2) is 15.1. The average Bonchev–Trinajstić information content (AvgIpc) is 3.52. The van der Waals surface area contributed by atoms with Crippen molar-refractivity contribution in [2.75, 3.05) is 43.6 Å². The van der Waals surface area contributed by atoms with Crippen molar-refractivity contribution in [2.45, 2.75) is 18.9 Å². The second-order valence-electron chi connectivity index (χ2n) is 11.6. The van der Waals surface area contributed by atoms with E-state index in [1.807, 2.05) is 24.3 Å². The molecule has 2 aliphatic rings. The Morgan fingerprint density at radius 1 is 0.941 bits per heavy atom. The van der Waals surface area contributed by atoms with Crippen LogP contribution in [0, 0.1) is 0 Å². The molecule has 4 aromatic rings. The number of aromatic hydroxyl groups is 1. The van der Waals surface area contributed by atoms with E-state index in [1.165, 1.54) is 18.2 Å². The number of benzene rings is 3. The highest BCUT2D eigenvalue weighted by atomic mass is 16.5. The summed E-state index contributed by atoms with van der Waals surface area (Å²) in [6, 6.07) is 17.5. The van der Waals surface area contributed by atoms with Gasteiger partial charge in [-0.05, 0) is 48.9 Å². The summed E-state index contributed by atoms with van der Waals surface area (Å²) in [6.45, 7) is 0.103. The van der Waals surface area contributed by atoms with Gasteiger partial charge in [0.15, 0.2) is 0 Å². The summed E-state index contributed by atoms with van der Waals surface area (Å²) in [6.07, 6.45) is 0.0114. The molecule has 3 heterocycles. The van der Waals surface area contributed by atoms with Crippen LogP contribution in [-0.4, -0.2) is 89.0 Å². The summed E-state index contributed by atoms with van der Waals surface area (Å²) in [4.78, 5) is 75.7. The first-order valence-corrected chi connectivity index (χ1v) is 16.0. The Bertz CT molecular complexity index is 2070. The maximum atomic E-state index is 13.2. The standard InChI is InChI=1S/C35H33N7O9/c1-41-25-8-3-2-5-22(25)30(35(41)49)37-21-11-9-20(10-12-21)31(45)40-36-15-16-50-17-18-51-19-28(44)38-24-7-4-6-23-29(24)34(48)42(33(23)47)26-13-14-27(43)39-32(26)46/h2-12,26,37,49H,13-19H2,1H3,(H,38,44)(H,39,43,46). The van der Waals surface area contributed by atoms with Crippen LogP contribution in [0.4, 0.5) is 17.1 Å². The summed E-state index contributed by atoms with van der Waals surface area (Å²) >= 11 is 0. The van der Waals surface area contributed by atoms with Crippen molar-refractivity contribution in [1.29, 1.82) is 0 Å². The van der Waals surface area contributed by atoms with Gasteiger partial charge in [0.05, 0.1) is 48.7 Å². The second-order valence-corrected chi connectivity index (χ2v) is 11.6. The maximum absolute atomic E-state index is 13.2. The molecule has 1 saturated heterocycles. The quantitative estimate of drug-likeness (QED) is 0.0911. The molecule has 262 valence electrons. The number of imide groups is 2. The van der Waals surface area contributed by atoms with Crippen LogP contribution in [0.15, 0.2) is 77.0 Å². The van der Waals surface area contributed by atoms with Crippen molar-refractivity contribution in [3.05, 3.63) is 83.4 Å². The minimum atomic E-state index is -1.12. The molecule has 0 bridgehead atoms. The number of carbonyl (C=O) groups is 6. The van der Waals surface area contributed by atoms with Gasteiger partial charge in [0.1, 0.15) is 18.3 Å². The molecule has 1 unspecified atom stereocenters. The van der Waals surface area contributed by atoms with E-state index in [0.717, 1.165) is 15.8 Å². The van der Waals surface area contributed by atoms with E-state index in [9.17, 15) is 33.9 Å². The van der Waals surface area contributed by atoms with Gasteiger partial charge >= 0.3 is 0 Å². The number of aryl methyl sites for hydroxylation is 1. The molecule has 0 aliphatic carbocycles. The van der Waals surface area contributed by atoms with E-state index in [2.05, 4.69) is 26.2 Å². The summed E-state index contributed by atoms with van der Waals surface area (Å²) in [5, 5.41) is 26.9. The fraction of sp³-hybridized carbons (Fsp3) is 0.257. The Balaban J connectivity index is 0.890. The van der Waals surface area contributed by atoms with Crippen LogP contribution in [0.1, 0.15) is 43.9 Å². The average molecular weight is 696 g/mol. The van der Waals surface area contributed by atoms with E-state index >= 15 is 0 Å². The van der Waals surface area contributed by atoms with Crippen LogP contribution in [0.5, 0.6) is 5.88 Å². The van der Waals surface area contributed by atoms with Gasteiger partial charge in [-0.3, -0.25) is 39.0 Å². The SMILES string of the molecule is Cn1c(O)c(Nc2ccc(C(=O)N=NCCOCCOCC(=O)Nc3cccc4c3C(=O)N(C3CCC(=O)NC3=O)C4=O)cc2)c2ccccc21. The zero-order valence-electron chi connectivity index (χ0n) is 27.4. The summed E-state index contributed by atoms with van der Waals surface area (Å²) in [5.74, 6) is -3.63. The van der Waals surface area contributed by atoms with Gasteiger partial charge in [0.2, 0.25) is 23.6 Å². The van der Waals surface area contributed by atoms with Gasteiger partial charge in [0, 0.05) is 30.1 Å². The van der Waals surface area contributed by atoms with Crippen molar-refractivity contribution >= 4 is 63.4 Å². The molecule has 0 spiro atoms. The number of anilines is 3. The third-order valence-corrected chi connectivity index (χ3v) is 8.32. The predicted octanol–water partition coefficient (Wildman–Crippen LogP) is 3.29. The first-order valence-electron chi connectivity index (χ1n) is 16.0. The van der Waals surface area contributed by atoms with Crippen LogP contribution < -0.4 is 16.0 Å². The van der Waals surface area contributed by atoms with Crippen LogP contribution in [0.2, 0.25) is 0 Å². The van der Waals surface area contributed by atoms with E-state index in [4.69, 9.17) is 9.47 Å². The van der Waals surface area contributed by atoms with E-state index in [0.29, 0.717) is 16.9 Å². The number of rotatable bonds is 13. The lowest BCUT2D eigenvalue weighted by atomic mass is 10.0. The number of fused-ring (bicyclic) bond motifs is 2. The molecular weight excluding hydrogens is 662 g/mol. The Hall–Kier alpha value is -6.26. The Morgan fingerprint density at radius 3 is 2.49 bits per heavy atom. The third kappa shape index (κ3) is 7.36. The van der Waals surface area contributed by atoms with Gasteiger partial charge in [-0.1, -0.05) is 24.3 Å². The van der Waals surface area contributed by atoms with Crippen LogP contribution in [0.25, 0.3) is 10.9 Å². The predicted molar refractivity (Wildman–Crippen MR) is 182 cm³/mol. The van der Waals surface area contributed by atoms with Gasteiger partial charge < -0.3 is 29.8 Å². The topological polar surface area (TPSA) is 210 Å². The number of piperidine rings is 1. The number of hydrogen-bond donors (Lipinski definition) is 4. The van der Waals surface area contributed by atoms with Crippen LogP contribution in [-0.2, 0) is 30.9 Å². The molecule has 2 aliphatic heterocycles. The molecular formula is C35H33N7O9.